The number of halogens is 1. The Hall–Kier alpha value is -1.80. The van der Waals surface area contributed by atoms with Crippen LogP contribution in [0.5, 0.6) is 0 Å². The maximum absolute atomic E-state index is 9.22. The smallest absolute Gasteiger partial charge is 0.223 e. The predicted molar refractivity (Wildman–Crippen MR) is 72.1 cm³/mol. The van der Waals surface area contributed by atoms with Crippen LogP contribution >= 0.6 is 11.6 Å². The normalized spacial score (nSPS) is 18.0. The van der Waals surface area contributed by atoms with Crippen LogP contribution in [0.2, 0.25) is 5.15 Å². The Bertz CT molecular complexity index is 546. The molecule has 0 radical (unpaired) electrons. The number of hydrogen-bond donors (Lipinski definition) is 1. The Labute approximate surface area is 111 Å². The Morgan fingerprint density at radius 1 is 1.56 bits per heavy atom. The topological polar surface area (TPSA) is 78.8 Å². The van der Waals surface area contributed by atoms with Crippen LogP contribution in [0.4, 0.5) is 11.8 Å². The Morgan fingerprint density at radius 3 is 2.89 bits per heavy atom. The van der Waals surface area contributed by atoms with E-state index < -0.39 is 0 Å². The second kappa shape index (κ2) is 4.83. The van der Waals surface area contributed by atoms with Crippen molar-refractivity contribution in [2.75, 3.05) is 17.7 Å². The molecular weight excluding hydrogens is 250 g/mol. The fourth-order valence-corrected chi connectivity index (χ4v) is 2.41. The predicted octanol–water partition coefficient (Wildman–Crippen LogP) is 2.24. The molecule has 18 heavy (non-hydrogen) atoms. The summed E-state index contributed by atoms with van der Waals surface area (Å²) in [7, 11) is 1.92. The van der Waals surface area contributed by atoms with Gasteiger partial charge in [-0.3, -0.25) is 0 Å². The van der Waals surface area contributed by atoms with Gasteiger partial charge in [0.25, 0.3) is 0 Å². The summed E-state index contributed by atoms with van der Waals surface area (Å²) in [4.78, 5) is 10.1. The van der Waals surface area contributed by atoms with E-state index in [0.29, 0.717) is 17.0 Å². The number of fused-ring (bicyclic) bond motifs is 1. The van der Waals surface area contributed by atoms with Crippen molar-refractivity contribution in [3.8, 4) is 6.07 Å². The van der Waals surface area contributed by atoms with E-state index in [1.165, 1.54) is 0 Å². The molecule has 2 heterocycles. The lowest BCUT2D eigenvalue weighted by molar-refractivity contribution is 0.654. The molecule has 0 saturated carbocycles. The van der Waals surface area contributed by atoms with Gasteiger partial charge < -0.3 is 10.6 Å². The molecule has 0 aromatic carbocycles. The number of nitriles is 1. The van der Waals surface area contributed by atoms with Gasteiger partial charge in [0.2, 0.25) is 5.95 Å². The third kappa shape index (κ3) is 2.00. The zero-order chi connectivity index (χ0) is 13.3. The maximum atomic E-state index is 9.22. The molecule has 0 fully saturated rings. The van der Waals surface area contributed by atoms with Crippen LogP contribution in [0.25, 0.3) is 5.57 Å². The fraction of sp³-hybridized carbons (Fsp3) is 0.417. The number of nitrogens with zero attached hydrogens (tertiary/aromatic N) is 4. The van der Waals surface area contributed by atoms with Gasteiger partial charge in [-0.1, -0.05) is 24.9 Å². The quantitative estimate of drug-likeness (QED) is 0.828. The molecule has 6 heteroatoms. The summed E-state index contributed by atoms with van der Waals surface area (Å²) in [6, 6.07) is 2.30. The van der Waals surface area contributed by atoms with E-state index in [1.807, 2.05) is 18.0 Å². The van der Waals surface area contributed by atoms with Gasteiger partial charge in [0.15, 0.2) is 0 Å². The summed E-state index contributed by atoms with van der Waals surface area (Å²) < 4.78 is 0. The second-order valence-corrected chi connectivity index (χ2v) is 4.59. The lowest BCUT2D eigenvalue weighted by Gasteiger charge is -2.32. The summed E-state index contributed by atoms with van der Waals surface area (Å²) in [5.74, 6) is 0.755. The third-order valence-electron chi connectivity index (χ3n) is 3.03. The lowest BCUT2D eigenvalue weighted by Crippen LogP contribution is -2.34. The van der Waals surface area contributed by atoms with Gasteiger partial charge in [0.1, 0.15) is 11.0 Å². The molecule has 0 bridgehead atoms. The van der Waals surface area contributed by atoms with Gasteiger partial charge in [-0.2, -0.15) is 10.2 Å². The van der Waals surface area contributed by atoms with Crippen molar-refractivity contribution in [1.29, 1.82) is 5.26 Å². The largest absolute Gasteiger partial charge is 0.368 e. The van der Waals surface area contributed by atoms with Crippen molar-refractivity contribution < 1.29 is 0 Å². The van der Waals surface area contributed by atoms with E-state index in [1.54, 1.807) is 0 Å². The minimum atomic E-state index is 0.125. The van der Waals surface area contributed by atoms with Crippen molar-refractivity contribution in [3.05, 3.63) is 16.8 Å². The highest BCUT2D eigenvalue weighted by Gasteiger charge is 2.28. The number of anilines is 2. The van der Waals surface area contributed by atoms with Crippen LogP contribution in [-0.2, 0) is 0 Å². The van der Waals surface area contributed by atoms with E-state index in [-0.39, 0.29) is 17.1 Å². The van der Waals surface area contributed by atoms with Crippen LogP contribution in [0, 0.1) is 11.3 Å². The van der Waals surface area contributed by atoms with E-state index in [2.05, 4.69) is 23.0 Å². The van der Waals surface area contributed by atoms with Crippen LogP contribution in [-0.4, -0.2) is 23.1 Å². The average molecular weight is 264 g/mol. The van der Waals surface area contributed by atoms with E-state index >= 15 is 0 Å². The summed E-state index contributed by atoms with van der Waals surface area (Å²) in [5, 5.41) is 9.45. The van der Waals surface area contributed by atoms with Gasteiger partial charge in [-0.25, -0.2) is 4.98 Å². The Kier molecular flexibility index (Phi) is 3.39. The zero-order valence-corrected chi connectivity index (χ0v) is 11.1. The first-order valence-electron chi connectivity index (χ1n) is 5.76. The SMILES string of the molecule is CCCC1C=C(C#N)c2c(Cl)nc(N)nc2N1C. The van der Waals surface area contributed by atoms with Crippen molar-refractivity contribution in [1.82, 2.24) is 9.97 Å². The zero-order valence-electron chi connectivity index (χ0n) is 10.3. The number of nitrogens with two attached hydrogens (primary N) is 1. The van der Waals surface area contributed by atoms with Gasteiger partial charge in [-0.15, -0.1) is 0 Å². The highest BCUT2D eigenvalue weighted by molar-refractivity contribution is 6.32. The van der Waals surface area contributed by atoms with Gasteiger partial charge in [0.05, 0.1) is 17.2 Å². The highest BCUT2D eigenvalue weighted by atomic mass is 35.5. The van der Waals surface area contributed by atoms with Crippen LogP contribution < -0.4 is 10.6 Å². The summed E-state index contributed by atoms with van der Waals surface area (Å²) in [5.41, 5.74) is 6.71. The molecule has 1 aliphatic heterocycles. The number of aromatic nitrogens is 2. The number of nitrogen functional groups attached to an aromatic ring is 1. The molecule has 0 aliphatic carbocycles. The molecular formula is C12H14ClN5. The number of allylic oxidation sites excluding steroid dienone is 1. The summed E-state index contributed by atoms with van der Waals surface area (Å²) >= 11 is 6.06. The van der Waals surface area contributed by atoms with E-state index in [0.717, 1.165) is 12.8 Å². The number of likely N-dealkylation sites (N-methyl/N-ethyl adjacent to an activating group) is 1. The van der Waals surface area contributed by atoms with Crippen LogP contribution in [0.3, 0.4) is 0 Å². The number of rotatable bonds is 2. The van der Waals surface area contributed by atoms with Gasteiger partial charge in [0, 0.05) is 13.1 Å². The van der Waals surface area contributed by atoms with Gasteiger partial charge in [-0.05, 0) is 12.5 Å². The minimum absolute atomic E-state index is 0.125. The minimum Gasteiger partial charge on any atom is -0.368 e. The molecule has 5 nitrogen and oxygen atoms in total. The summed E-state index contributed by atoms with van der Waals surface area (Å²) in [6.45, 7) is 2.10. The van der Waals surface area contributed by atoms with Gasteiger partial charge >= 0.3 is 0 Å². The molecule has 0 amide bonds. The van der Waals surface area contributed by atoms with Crippen molar-refractivity contribution >= 4 is 28.9 Å². The first-order valence-corrected chi connectivity index (χ1v) is 6.14. The monoisotopic (exact) mass is 263 g/mol. The average Bonchev–Trinajstić information content (AvgIpc) is 2.33. The standard InChI is InChI=1S/C12H14ClN5/c1-3-4-8-5-7(6-14)9-10(13)16-12(15)17-11(9)18(8)2/h5,8H,3-4H2,1-2H3,(H2,15,16,17). The first kappa shape index (κ1) is 12.7. The van der Waals surface area contributed by atoms with Crippen molar-refractivity contribution in [3.63, 3.8) is 0 Å². The fourth-order valence-electron chi connectivity index (χ4n) is 2.14. The molecule has 0 spiro atoms. The maximum Gasteiger partial charge on any atom is 0.223 e. The Morgan fingerprint density at radius 2 is 2.28 bits per heavy atom. The first-order chi connectivity index (χ1) is 8.58. The molecule has 0 saturated heterocycles. The Balaban J connectivity index is 2.60. The third-order valence-corrected chi connectivity index (χ3v) is 3.30. The van der Waals surface area contributed by atoms with Crippen molar-refractivity contribution in [2.45, 2.75) is 25.8 Å². The molecule has 94 valence electrons. The lowest BCUT2D eigenvalue weighted by atomic mass is 9.98. The number of hydrogen-bond acceptors (Lipinski definition) is 5. The molecule has 1 aromatic rings. The summed E-state index contributed by atoms with van der Waals surface area (Å²) in [6.07, 6.45) is 3.88. The van der Waals surface area contributed by atoms with Crippen molar-refractivity contribution in [2.24, 2.45) is 0 Å². The molecule has 1 atom stereocenters. The molecule has 2 N–H and O–H groups in total. The van der Waals surface area contributed by atoms with Crippen LogP contribution in [0.15, 0.2) is 6.08 Å². The van der Waals surface area contributed by atoms with E-state index in [9.17, 15) is 5.26 Å². The second-order valence-electron chi connectivity index (χ2n) is 4.23. The molecule has 1 aromatic heterocycles. The van der Waals surface area contributed by atoms with Crippen LogP contribution in [0.1, 0.15) is 25.3 Å². The van der Waals surface area contributed by atoms with E-state index in [4.69, 9.17) is 17.3 Å². The molecule has 1 aliphatic rings. The highest BCUT2D eigenvalue weighted by Crippen LogP contribution is 2.36. The molecule has 1 unspecified atom stereocenters. The molecule has 2 rings (SSSR count).